The van der Waals surface area contributed by atoms with Crippen LogP contribution >= 0.6 is 62.2 Å². The lowest BCUT2D eigenvalue weighted by Crippen LogP contribution is -2.31. The molecule has 1 aliphatic heterocycles. The van der Waals surface area contributed by atoms with E-state index in [-0.39, 0.29) is 41.3 Å². The molecule has 14 heteroatoms. The molecule has 3 aromatic heterocycles. The van der Waals surface area contributed by atoms with Gasteiger partial charge in [0.15, 0.2) is 5.82 Å². The number of ether oxygens (including phenoxy) is 1. The first kappa shape index (κ1) is 26.0. The smallest absolute Gasteiger partial charge is 0.274 e. The maximum atomic E-state index is 13.6. The normalized spacial score (nSPS) is 13.2. The van der Waals surface area contributed by atoms with E-state index in [0.717, 1.165) is 16.5 Å². The van der Waals surface area contributed by atoms with Crippen LogP contribution in [0.3, 0.4) is 0 Å². The lowest BCUT2D eigenvalue weighted by molar-refractivity contribution is 0.0951. The minimum Gasteiger partial charge on any atom is -0.472 e. The lowest BCUT2D eigenvalue weighted by atomic mass is 10.1. The summed E-state index contributed by atoms with van der Waals surface area (Å²) in [7, 11) is 0. The summed E-state index contributed by atoms with van der Waals surface area (Å²) < 4.78 is 7.66. The van der Waals surface area contributed by atoms with E-state index >= 15 is 0 Å². The van der Waals surface area contributed by atoms with Crippen molar-refractivity contribution < 1.29 is 14.3 Å². The number of aromatic nitrogens is 4. The van der Waals surface area contributed by atoms with Gasteiger partial charge in [0.25, 0.3) is 11.8 Å². The topological polar surface area (TPSA) is 111 Å². The number of anilines is 1. The molecule has 0 unspecified atom stereocenters. The molecule has 1 aromatic carbocycles. The fourth-order valence-electron chi connectivity index (χ4n) is 3.37. The number of thiazole rings is 1. The fraction of sp³-hybridized carbons (Fsp3) is 0.174. The number of nitrogens with one attached hydrogen (secondary N) is 2. The number of rotatable bonds is 8. The molecule has 2 amide bonds. The first-order chi connectivity index (χ1) is 17.9. The number of carbonyl (C=O) groups is 2. The SMILES string of the molecule is O=C(NCc1nccs1)c1cc(Cl)cc(Br)c1NC(=O)c1cc(OC2CSC2)nn1-c1ncccc1Cl. The van der Waals surface area contributed by atoms with Gasteiger partial charge in [-0.25, -0.2) is 14.6 Å². The molecular weight excluding hydrogens is 623 g/mol. The summed E-state index contributed by atoms with van der Waals surface area (Å²) >= 11 is 19.2. The Labute approximate surface area is 238 Å². The Balaban J connectivity index is 1.46. The summed E-state index contributed by atoms with van der Waals surface area (Å²) in [6.07, 6.45) is 3.22. The molecule has 190 valence electrons. The van der Waals surface area contributed by atoms with Crippen molar-refractivity contribution in [3.8, 4) is 11.7 Å². The van der Waals surface area contributed by atoms with Crippen molar-refractivity contribution in [2.45, 2.75) is 12.6 Å². The summed E-state index contributed by atoms with van der Waals surface area (Å²) in [5.74, 6) is 1.24. The first-order valence-electron chi connectivity index (χ1n) is 10.8. The molecule has 4 aromatic rings. The lowest BCUT2D eigenvalue weighted by Gasteiger charge is -2.24. The van der Waals surface area contributed by atoms with Crippen molar-refractivity contribution in [1.29, 1.82) is 0 Å². The van der Waals surface area contributed by atoms with E-state index in [9.17, 15) is 9.59 Å². The predicted molar refractivity (Wildman–Crippen MR) is 148 cm³/mol. The van der Waals surface area contributed by atoms with Gasteiger partial charge in [-0.05, 0) is 40.2 Å². The molecule has 0 radical (unpaired) electrons. The number of carbonyl (C=O) groups excluding carboxylic acids is 2. The Morgan fingerprint density at radius 1 is 1.16 bits per heavy atom. The van der Waals surface area contributed by atoms with Crippen molar-refractivity contribution in [2.24, 2.45) is 0 Å². The molecule has 0 atom stereocenters. The molecule has 0 spiro atoms. The summed E-state index contributed by atoms with van der Waals surface area (Å²) in [5.41, 5.74) is 0.538. The van der Waals surface area contributed by atoms with E-state index in [4.69, 9.17) is 27.9 Å². The summed E-state index contributed by atoms with van der Waals surface area (Å²) in [5, 5.41) is 13.2. The first-order valence-corrected chi connectivity index (χ1v) is 14.4. The van der Waals surface area contributed by atoms with Gasteiger partial charge in [-0.3, -0.25) is 9.59 Å². The molecule has 1 saturated heterocycles. The predicted octanol–water partition coefficient (Wildman–Crippen LogP) is 5.47. The van der Waals surface area contributed by atoms with E-state index in [1.165, 1.54) is 28.2 Å². The third kappa shape index (κ3) is 5.93. The van der Waals surface area contributed by atoms with Crippen molar-refractivity contribution in [3.63, 3.8) is 0 Å². The van der Waals surface area contributed by atoms with Gasteiger partial charge in [0.05, 0.1) is 22.8 Å². The molecule has 0 aliphatic carbocycles. The van der Waals surface area contributed by atoms with Gasteiger partial charge in [0.2, 0.25) is 5.88 Å². The van der Waals surface area contributed by atoms with Crippen LogP contribution in [0.1, 0.15) is 25.9 Å². The zero-order valence-electron chi connectivity index (χ0n) is 18.8. The second kappa shape index (κ2) is 11.4. The van der Waals surface area contributed by atoms with E-state index in [1.807, 2.05) is 5.38 Å². The van der Waals surface area contributed by atoms with Crippen LogP contribution in [0.4, 0.5) is 5.69 Å². The molecule has 4 heterocycles. The number of pyridine rings is 1. The Morgan fingerprint density at radius 3 is 2.70 bits per heavy atom. The van der Waals surface area contributed by atoms with Crippen LogP contribution in [0, 0.1) is 0 Å². The number of nitrogens with zero attached hydrogens (tertiary/aromatic N) is 4. The highest BCUT2D eigenvalue weighted by atomic mass is 79.9. The van der Waals surface area contributed by atoms with Crippen LogP contribution in [0.15, 0.2) is 52.6 Å². The van der Waals surface area contributed by atoms with Gasteiger partial charge >= 0.3 is 0 Å². The van der Waals surface area contributed by atoms with E-state index < -0.39 is 11.8 Å². The minimum atomic E-state index is -0.552. The molecule has 37 heavy (non-hydrogen) atoms. The van der Waals surface area contributed by atoms with Crippen LogP contribution in [-0.4, -0.2) is 49.2 Å². The van der Waals surface area contributed by atoms with Crippen molar-refractivity contribution in [3.05, 3.63) is 78.9 Å². The number of hydrogen-bond acceptors (Lipinski definition) is 8. The average Bonchev–Trinajstić information content (AvgIpc) is 3.52. The van der Waals surface area contributed by atoms with Gasteiger partial charge in [0, 0.05) is 44.8 Å². The Morgan fingerprint density at radius 2 is 2.00 bits per heavy atom. The molecule has 5 rings (SSSR count). The molecule has 2 N–H and O–H groups in total. The molecule has 0 saturated carbocycles. The summed E-state index contributed by atoms with van der Waals surface area (Å²) in [4.78, 5) is 35.1. The second-order valence-corrected chi connectivity index (χ2v) is 11.5. The Kier molecular flexibility index (Phi) is 8.01. The van der Waals surface area contributed by atoms with Crippen LogP contribution in [-0.2, 0) is 6.54 Å². The second-order valence-electron chi connectivity index (χ2n) is 7.74. The molecule has 9 nitrogen and oxygen atoms in total. The maximum absolute atomic E-state index is 13.6. The summed E-state index contributed by atoms with van der Waals surface area (Å²) in [6.45, 7) is 0.235. The molecular formula is C23H17BrCl2N6O3S2. The van der Waals surface area contributed by atoms with Crippen molar-refractivity contribution >= 4 is 79.7 Å². The van der Waals surface area contributed by atoms with Gasteiger partial charge in [0.1, 0.15) is 16.8 Å². The third-order valence-electron chi connectivity index (χ3n) is 5.18. The largest absolute Gasteiger partial charge is 0.472 e. The van der Waals surface area contributed by atoms with Gasteiger partial charge < -0.3 is 15.4 Å². The van der Waals surface area contributed by atoms with Crippen LogP contribution in [0.25, 0.3) is 5.82 Å². The van der Waals surface area contributed by atoms with Crippen molar-refractivity contribution in [1.82, 2.24) is 25.1 Å². The molecule has 1 aliphatic rings. The number of thioether (sulfide) groups is 1. The molecule has 0 bridgehead atoms. The zero-order chi connectivity index (χ0) is 25.9. The highest BCUT2D eigenvalue weighted by Crippen LogP contribution is 2.32. The quantitative estimate of drug-likeness (QED) is 0.263. The summed E-state index contributed by atoms with van der Waals surface area (Å²) in [6, 6.07) is 7.92. The third-order valence-corrected chi connectivity index (χ3v) is 8.31. The standard InChI is InChI=1S/C23H17BrCl2N6O3S2/c24-15-7-12(25)6-14(22(33)29-9-19-27-4-5-37-19)20(15)30-23(34)17-8-18(35-13-10-36-11-13)31-32(17)21-16(26)2-1-3-28-21/h1-8,13H,9-11H2,(H,29,33)(H,30,34). The fourth-order valence-corrected chi connectivity index (χ4v) is 5.61. The number of benzene rings is 1. The molecule has 1 fully saturated rings. The van der Waals surface area contributed by atoms with Crippen LogP contribution in [0.5, 0.6) is 5.88 Å². The zero-order valence-corrected chi connectivity index (χ0v) is 23.5. The number of hydrogen-bond donors (Lipinski definition) is 2. The van der Waals surface area contributed by atoms with Crippen LogP contribution < -0.4 is 15.4 Å². The highest BCUT2D eigenvalue weighted by molar-refractivity contribution is 9.10. The van der Waals surface area contributed by atoms with E-state index in [1.54, 1.807) is 42.4 Å². The van der Waals surface area contributed by atoms with Crippen molar-refractivity contribution in [2.75, 3.05) is 16.8 Å². The monoisotopic (exact) mass is 638 g/mol. The highest BCUT2D eigenvalue weighted by Gasteiger charge is 2.26. The van der Waals surface area contributed by atoms with E-state index in [2.05, 4.69) is 41.6 Å². The number of amides is 2. The number of halogens is 3. The van der Waals surface area contributed by atoms with Crippen LogP contribution in [0.2, 0.25) is 10.0 Å². The maximum Gasteiger partial charge on any atom is 0.274 e. The van der Waals surface area contributed by atoms with Gasteiger partial charge in [-0.2, -0.15) is 11.8 Å². The average molecular weight is 640 g/mol. The van der Waals surface area contributed by atoms with E-state index in [0.29, 0.717) is 14.5 Å². The van der Waals surface area contributed by atoms with Gasteiger partial charge in [-0.1, -0.05) is 23.2 Å². The Hall–Kier alpha value is -2.64. The van der Waals surface area contributed by atoms with Gasteiger partial charge in [-0.15, -0.1) is 16.4 Å². The minimum absolute atomic E-state index is 0.0157. The Bertz CT molecular complexity index is 1460.